The summed E-state index contributed by atoms with van der Waals surface area (Å²) in [5.41, 5.74) is 2.11. The van der Waals surface area contributed by atoms with Gasteiger partial charge in [-0.25, -0.2) is 4.79 Å². The Balaban J connectivity index is 2.25. The fourth-order valence-electron chi connectivity index (χ4n) is 1.55. The molecule has 0 aliphatic carbocycles. The fraction of sp³-hybridized carbons (Fsp3) is 0.571. The normalized spacial score (nSPS) is 13.7. The van der Waals surface area contributed by atoms with Crippen molar-refractivity contribution >= 4 is 6.03 Å². The molecular formula is C14H23N3O2. The number of hydrogen-bond acceptors (Lipinski definition) is 3. The Morgan fingerprint density at radius 2 is 2.16 bits per heavy atom. The third kappa shape index (κ3) is 5.70. The van der Waals surface area contributed by atoms with Crippen molar-refractivity contribution in [3.63, 3.8) is 0 Å². The maximum atomic E-state index is 11.6. The standard InChI is InChI=1S/C14H23N3O2/c1-10-5-6-13(9-16-10)7-8-15-14(18)17-11(2)12(3)19-4/h5-6,9,11-12H,7-8H2,1-4H3,(H2,15,17,18)/t11-,12+/m0/s1. The highest BCUT2D eigenvalue weighted by Crippen LogP contribution is 1.99. The molecule has 0 aliphatic rings. The zero-order chi connectivity index (χ0) is 14.3. The van der Waals surface area contributed by atoms with Gasteiger partial charge in [-0.2, -0.15) is 0 Å². The number of urea groups is 1. The molecule has 0 spiro atoms. The number of aromatic nitrogens is 1. The third-order valence-electron chi connectivity index (χ3n) is 3.11. The Morgan fingerprint density at radius 1 is 1.42 bits per heavy atom. The number of amides is 2. The minimum atomic E-state index is -0.170. The van der Waals surface area contributed by atoms with Gasteiger partial charge in [-0.05, 0) is 38.8 Å². The second-order valence-corrected chi connectivity index (χ2v) is 4.69. The van der Waals surface area contributed by atoms with Gasteiger partial charge in [0.25, 0.3) is 0 Å². The third-order valence-corrected chi connectivity index (χ3v) is 3.11. The number of pyridine rings is 1. The van der Waals surface area contributed by atoms with Crippen LogP contribution >= 0.6 is 0 Å². The number of nitrogens with one attached hydrogen (secondary N) is 2. The van der Waals surface area contributed by atoms with Gasteiger partial charge in [-0.3, -0.25) is 4.98 Å². The number of rotatable bonds is 6. The predicted octanol–water partition coefficient (Wildman–Crippen LogP) is 1.66. The molecule has 5 heteroatoms. The maximum absolute atomic E-state index is 11.6. The summed E-state index contributed by atoms with van der Waals surface area (Å²) in [5, 5.41) is 5.66. The van der Waals surface area contributed by atoms with Gasteiger partial charge in [0, 0.05) is 25.5 Å². The highest BCUT2D eigenvalue weighted by molar-refractivity contribution is 5.74. The van der Waals surface area contributed by atoms with Gasteiger partial charge >= 0.3 is 6.03 Å². The van der Waals surface area contributed by atoms with E-state index in [0.29, 0.717) is 6.54 Å². The van der Waals surface area contributed by atoms with Gasteiger partial charge in [0.05, 0.1) is 12.1 Å². The largest absolute Gasteiger partial charge is 0.380 e. The van der Waals surface area contributed by atoms with Crippen LogP contribution in [0.1, 0.15) is 25.1 Å². The summed E-state index contributed by atoms with van der Waals surface area (Å²) < 4.78 is 5.15. The number of aryl methyl sites for hydroxylation is 1. The van der Waals surface area contributed by atoms with Crippen molar-refractivity contribution in [2.75, 3.05) is 13.7 Å². The summed E-state index contributed by atoms with van der Waals surface area (Å²) in [5.74, 6) is 0. The molecule has 0 saturated carbocycles. The summed E-state index contributed by atoms with van der Waals surface area (Å²) in [6.07, 6.45) is 2.60. The van der Waals surface area contributed by atoms with E-state index in [0.717, 1.165) is 17.7 Å². The minimum Gasteiger partial charge on any atom is -0.380 e. The average Bonchev–Trinajstić information content (AvgIpc) is 2.40. The van der Waals surface area contributed by atoms with Gasteiger partial charge in [0.15, 0.2) is 0 Å². The van der Waals surface area contributed by atoms with Crippen LogP contribution in [0.5, 0.6) is 0 Å². The van der Waals surface area contributed by atoms with E-state index in [2.05, 4.69) is 15.6 Å². The Labute approximate surface area is 114 Å². The molecule has 0 radical (unpaired) electrons. The van der Waals surface area contributed by atoms with E-state index in [9.17, 15) is 4.79 Å². The highest BCUT2D eigenvalue weighted by Gasteiger charge is 2.13. The van der Waals surface area contributed by atoms with Crippen molar-refractivity contribution in [3.8, 4) is 0 Å². The molecule has 5 nitrogen and oxygen atoms in total. The summed E-state index contributed by atoms with van der Waals surface area (Å²) in [6.45, 7) is 6.37. The highest BCUT2D eigenvalue weighted by atomic mass is 16.5. The molecule has 0 aliphatic heterocycles. The zero-order valence-electron chi connectivity index (χ0n) is 12.1. The van der Waals surface area contributed by atoms with Crippen LogP contribution in [0.4, 0.5) is 4.79 Å². The van der Waals surface area contributed by atoms with Crippen molar-refractivity contribution in [1.29, 1.82) is 0 Å². The number of nitrogens with zero attached hydrogens (tertiary/aromatic N) is 1. The molecule has 106 valence electrons. The molecule has 2 atom stereocenters. The van der Waals surface area contributed by atoms with E-state index in [4.69, 9.17) is 4.74 Å². The lowest BCUT2D eigenvalue weighted by molar-refractivity contribution is 0.0912. The first-order chi connectivity index (χ1) is 9.02. The Morgan fingerprint density at radius 3 is 2.74 bits per heavy atom. The van der Waals surface area contributed by atoms with Crippen LogP contribution in [0.2, 0.25) is 0 Å². The van der Waals surface area contributed by atoms with E-state index in [1.54, 1.807) is 7.11 Å². The lowest BCUT2D eigenvalue weighted by Crippen LogP contribution is -2.46. The Kier molecular flexibility index (Phi) is 6.29. The molecule has 0 unspecified atom stereocenters. The molecule has 0 saturated heterocycles. The molecule has 0 aromatic carbocycles. The molecule has 0 bridgehead atoms. The summed E-state index contributed by atoms with van der Waals surface area (Å²) in [4.78, 5) is 15.8. The van der Waals surface area contributed by atoms with Gasteiger partial charge in [0.2, 0.25) is 0 Å². The van der Waals surface area contributed by atoms with Gasteiger partial charge in [-0.15, -0.1) is 0 Å². The quantitative estimate of drug-likeness (QED) is 0.822. The molecule has 2 N–H and O–H groups in total. The van der Waals surface area contributed by atoms with Crippen LogP contribution < -0.4 is 10.6 Å². The fourth-order valence-corrected chi connectivity index (χ4v) is 1.55. The smallest absolute Gasteiger partial charge is 0.315 e. The van der Waals surface area contributed by atoms with E-state index >= 15 is 0 Å². The zero-order valence-corrected chi connectivity index (χ0v) is 12.1. The number of carbonyl (C=O) groups is 1. The first-order valence-electron chi connectivity index (χ1n) is 6.51. The van der Waals surface area contributed by atoms with Gasteiger partial charge in [0.1, 0.15) is 0 Å². The molecule has 1 heterocycles. The summed E-state index contributed by atoms with van der Waals surface area (Å²) in [7, 11) is 1.63. The molecule has 2 amide bonds. The lowest BCUT2D eigenvalue weighted by Gasteiger charge is -2.20. The molecule has 1 rings (SSSR count). The topological polar surface area (TPSA) is 63.2 Å². The van der Waals surface area contributed by atoms with Crippen LogP contribution in [0.15, 0.2) is 18.3 Å². The average molecular weight is 265 g/mol. The maximum Gasteiger partial charge on any atom is 0.315 e. The first kappa shape index (κ1) is 15.4. The Bertz CT molecular complexity index is 392. The van der Waals surface area contributed by atoms with Crippen molar-refractivity contribution in [3.05, 3.63) is 29.6 Å². The first-order valence-corrected chi connectivity index (χ1v) is 6.51. The van der Waals surface area contributed by atoms with E-state index in [1.165, 1.54) is 0 Å². The number of methoxy groups -OCH3 is 1. The minimum absolute atomic E-state index is 0.00736. The van der Waals surface area contributed by atoms with Crippen molar-refractivity contribution < 1.29 is 9.53 Å². The van der Waals surface area contributed by atoms with E-state index < -0.39 is 0 Å². The summed E-state index contributed by atoms with van der Waals surface area (Å²) >= 11 is 0. The van der Waals surface area contributed by atoms with Crippen molar-refractivity contribution in [1.82, 2.24) is 15.6 Å². The van der Waals surface area contributed by atoms with Crippen LogP contribution in [0.3, 0.4) is 0 Å². The van der Waals surface area contributed by atoms with Crippen LogP contribution in [-0.4, -0.2) is 36.8 Å². The molecule has 1 aromatic rings. The van der Waals surface area contributed by atoms with Crippen LogP contribution in [0, 0.1) is 6.92 Å². The number of ether oxygens (including phenoxy) is 1. The Hall–Kier alpha value is -1.62. The summed E-state index contributed by atoms with van der Waals surface area (Å²) in [6, 6.07) is 3.80. The number of hydrogen-bond donors (Lipinski definition) is 2. The molecule has 19 heavy (non-hydrogen) atoms. The second kappa shape index (κ2) is 7.74. The second-order valence-electron chi connectivity index (χ2n) is 4.69. The van der Waals surface area contributed by atoms with Crippen molar-refractivity contribution in [2.24, 2.45) is 0 Å². The number of carbonyl (C=O) groups excluding carboxylic acids is 1. The molecular weight excluding hydrogens is 242 g/mol. The van der Waals surface area contributed by atoms with Crippen LogP contribution in [0.25, 0.3) is 0 Å². The van der Waals surface area contributed by atoms with Crippen LogP contribution in [-0.2, 0) is 11.2 Å². The van der Waals surface area contributed by atoms with Crippen molar-refractivity contribution in [2.45, 2.75) is 39.3 Å². The van der Waals surface area contributed by atoms with E-state index in [-0.39, 0.29) is 18.2 Å². The predicted molar refractivity (Wildman–Crippen MR) is 75.1 cm³/mol. The molecule has 1 aromatic heterocycles. The van der Waals surface area contributed by atoms with Gasteiger partial charge in [-0.1, -0.05) is 6.07 Å². The molecule has 0 fully saturated rings. The lowest BCUT2D eigenvalue weighted by atomic mass is 10.2. The van der Waals surface area contributed by atoms with Gasteiger partial charge < -0.3 is 15.4 Å². The SMILES string of the molecule is CO[C@H](C)[C@H](C)NC(=O)NCCc1ccc(C)nc1. The monoisotopic (exact) mass is 265 g/mol. The van der Waals surface area contributed by atoms with E-state index in [1.807, 2.05) is 39.1 Å².